The number of aromatic nitrogens is 3. The summed E-state index contributed by atoms with van der Waals surface area (Å²) in [7, 11) is 0. The fraction of sp³-hybridized carbons (Fsp3) is 0.250. The summed E-state index contributed by atoms with van der Waals surface area (Å²) >= 11 is 0. The van der Waals surface area contributed by atoms with Crippen LogP contribution in [0.25, 0.3) is 11.2 Å². The van der Waals surface area contributed by atoms with Crippen LogP contribution in [0.3, 0.4) is 0 Å². The van der Waals surface area contributed by atoms with Crippen LogP contribution in [0.2, 0.25) is 0 Å². The Morgan fingerprint density at radius 1 is 1.50 bits per heavy atom. The van der Waals surface area contributed by atoms with E-state index in [4.69, 9.17) is 5.73 Å². The molecule has 12 heavy (non-hydrogen) atoms. The Balaban J connectivity index is 2.73. The first kappa shape index (κ1) is 7.24. The minimum absolute atomic E-state index is 0.0101. The summed E-state index contributed by atoms with van der Waals surface area (Å²) in [5.41, 5.74) is 8.48. The lowest BCUT2D eigenvalue weighted by atomic mass is 10.1. The minimum atomic E-state index is 0.0101. The number of aromatic amines is 1. The van der Waals surface area contributed by atoms with Crippen molar-refractivity contribution in [2.24, 2.45) is 5.73 Å². The standard InChI is InChI=1S/C8H10N4/c1-5(9)6-2-3-10-8-7(6)11-4-12-8/h2-5H,9H2,1H3,(H,10,11,12). The van der Waals surface area contributed by atoms with Gasteiger partial charge in [-0.25, -0.2) is 9.97 Å². The number of nitrogens with one attached hydrogen (secondary N) is 1. The molecule has 2 aromatic heterocycles. The van der Waals surface area contributed by atoms with Gasteiger partial charge >= 0.3 is 0 Å². The SMILES string of the molecule is CC(N)c1ccnc2nc[nH]c12. The molecule has 1 atom stereocenters. The molecule has 2 rings (SSSR count). The van der Waals surface area contributed by atoms with E-state index in [0.717, 1.165) is 16.7 Å². The quantitative estimate of drug-likeness (QED) is 0.656. The van der Waals surface area contributed by atoms with Gasteiger partial charge in [0.25, 0.3) is 0 Å². The second kappa shape index (κ2) is 2.57. The van der Waals surface area contributed by atoms with Crippen LogP contribution in [-0.2, 0) is 0 Å². The number of pyridine rings is 1. The highest BCUT2D eigenvalue weighted by Gasteiger charge is 2.06. The maximum atomic E-state index is 5.76. The predicted octanol–water partition coefficient (Wildman–Crippen LogP) is 0.978. The molecule has 2 aromatic rings. The first-order valence-electron chi connectivity index (χ1n) is 3.82. The van der Waals surface area contributed by atoms with Crippen molar-refractivity contribution in [2.75, 3.05) is 0 Å². The third-order valence-electron chi connectivity index (χ3n) is 1.85. The Bertz CT molecular complexity index is 391. The lowest BCUT2D eigenvalue weighted by Crippen LogP contribution is -2.05. The number of hydrogen-bond donors (Lipinski definition) is 2. The number of hydrogen-bond acceptors (Lipinski definition) is 3. The fourth-order valence-corrected chi connectivity index (χ4v) is 1.25. The van der Waals surface area contributed by atoms with Crippen LogP contribution in [-0.4, -0.2) is 15.0 Å². The lowest BCUT2D eigenvalue weighted by Gasteiger charge is -2.04. The second-order valence-corrected chi connectivity index (χ2v) is 2.79. The van der Waals surface area contributed by atoms with Gasteiger partial charge in [-0.3, -0.25) is 0 Å². The van der Waals surface area contributed by atoms with Crippen molar-refractivity contribution < 1.29 is 0 Å². The van der Waals surface area contributed by atoms with Gasteiger partial charge in [-0.1, -0.05) is 0 Å². The predicted molar refractivity (Wildman–Crippen MR) is 46.5 cm³/mol. The summed E-state index contributed by atoms with van der Waals surface area (Å²) in [6, 6.07) is 1.92. The maximum Gasteiger partial charge on any atom is 0.177 e. The molecule has 0 spiro atoms. The van der Waals surface area contributed by atoms with Gasteiger partial charge in [0.05, 0.1) is 11.8 Å². The van der Waals surface area contributed by atoms with Gasteiger partial charge in [0.15, 0.2) is 5.65 Å². The molecule has 0 aliphatic carbocycles. The third-order valence-corrected chi connectivity index (χ3v) is 1.85. The Hall–Kier alpha value is -1.42. The van der Waals surface area contributed by atoms with Gasteiger partial charge in [-0.2, -0.15) is 0 Å². The summed E-state index contributed by atoms with van der Waals surface area (Å²) in [6.45, 7) is 1.94. The van der Waals surface area contributed by atoms with Gasteiger partial charge < -0.3 is 10.7 Å². The smallest absolute Gasteiger partial charge is 0.177 e. The molecule has 2 heterocycles. The molecule has 3 N–H and O–H groups in total. The number of imidazole rings is 1. The Labute approximate surface area is 69.8 Å². The highest BCUT2D eigenvalue weighted by molar-refractivity contribution is 5.74. The van der Waals surface area contributed by atoms with Gasteiger partial charge in [0.1, 0.15) is 0 Å². The number of rotatable bonds is 1. The fourth-order valence-electron chi connectivity index (χ4n) is 1.25. The van der Waals surface area contributed by atoms with Crippen molar-refractivity contribution >= 4 is 11.2 Å². The normalized spacial score (nSPS) is 13.5. The summed E-state index contributed by atoms with van der Waals surface area (Å²) in [5.74, 6) is 0. The molecule has 4 nitrogen and oxygen atoms in total. The maximum absolute atomic E-state index is 5.76. The largest absolute Gasteiger partial charge is 0.343 e. The van der Waals surface area contributed by atoms with Crippen molar-refractivity contribution in [2.45, 2.75) is 13.0 Å². The van der Waals surface area contributed by atoms with Crippen LogP contribution in [0.1, 0.15) is 18.5 Å². The van der Waals surface area contributed by atoms with Crippen LogP contribution in [0.4, 0.5) is 0 Å². The molecule has 62 valence electrons. The second-order valence-electron chi connectivity index (χ2n) is 2.79. The van der Waals surface area contributed by atoms with Crippen molar-refractivity contribution in [1.29, 1.82) is 0 Å². The van der Waals surface area contributed by atoms with Gasteiger partial charge in [0, 0.05) is 12.2 Å². The van der Waals surface area contributed by atoms with Crippen molar-refractivity contribution in [1.82, 2.24) is 15.0 Å². The van der Waals surface area contributed by atoms with E-state index in [2.05, 4.69) is 15.0 Å². The van der Waals surface area contributed by atoms with Crippen LogP contribution in [0.15, 0.2) is 18.6 Å². The Kier molecular flexibility index (Phi) is 1.55. The average molecular weight is 162 g/mol. The van der Waals surface area contributed by atoms with Gasteiger partial charge in [-0.05, 0) is 18.6 Å². The van der Waals surface area contributed by atoms with E-state index in [0.29, 0.717) is 0 Å². The van der Waals surface area contributed by atoms with E-state index in [1.54, 1.807) is 12.5 Å². The molecule has 0 aliphatic rings. The van der Waals surface area contributed by atoms with E-state index < -0.39 is 0 Å². The number of nitrogens with two attached hydrogens (primary N) is 1. The van der Waals surface area contributed by atoms with Crippen LogP contribution in [0, 0.1) is 0 Å². The summed E-state index contributed by atoms with van der Waals surface area (Å²) < 4.78 is 0. The Morgan fingerprint density at radius 3 is 3.08 bits per heavy atom. The lowest BCUT2D eigenvalue weighted by molar-refractivity contribution is 0.823. The average Bonchev–Trinajstić information content (AvgIpc) is 2.49. The third kappa shape index (κ3) is 0.967. The monoisotopic (exact) mass is 162 g/mol. The van der Waals surface area contributed by atoms with Crippen LogP contribution < -0.4 is 5.73 Å². The van der Waals surface area contributed by atoms with Gasteiger partial charge in [-0.15, -0.1) is 0 Å². The molecular formula is C8H10N4. The summed E-state index contributed by atoms with van der Waals surface area (Å²) in [4.78, 5) is 11.1. The molecule has 0 aromatic carbocycles. The molecule has 1 unspecified atom stereocenters. The molecular weight excluding hydrogens is 152 g/mol. The highest BCUT2D eigenvalue weighted by Crippen LogP contribution is 2.17. The van der Waals surface area contributed by atoms with Crippen molar-refractivity contribution in [3.8, 4) is 0 Å². The molecule has 0 aliphatic heterocycles. The zero-order chi connectivity index (χ0) is 8.55. The summed E-state index contributed by atoms with van der Waals surface area (Å²) in [6.07, 6.45) is 3.35. The molecule has 0 saturated heterocycles. The Morgan fingerprint density at radius 2 is 2.33 bits per heavy atom. The molecule has 0 saturated carbocycles. The van der Waals surface area contributed by atoms with E-state index in [1.807, 2.05) is 13.0 Å². The van der Waals surface area contributed by atoms with Crippen LogP contribution in [0.5, 0.6) is 0 Å². The van der Waals surface area contributed by atoms with Gasteiger partial charge in [0.2, 0.25) is 0 Å². The molecule has 0 amide bonds. The summed E-state index contributed by atoms with van der Waals surface area (Å²) in [5, 5.41) is 0. The van der Waals surface area contributed by atoms with E-state index in [1.165, 1.54) is 0 Å². The van der Waals surface area contributed by atoms with E-state index in [9.17, 15) is 0 Å². The molecule has 0 bridgehead atoms. The molecule has 0 radical (unpaired) electrons. The number of fused-ring (bicyclic) bond motifs is 1. The number of nitrogens with zero attached hydrogens (tertiary/aromatic N) is 2. The zero-order valence-corrected chi connectivity index (χ0v) is 6.78. The van der Waals surface area contributed by atoms with E-state index in [-0.39, 0.29) is 6.04 Å². The van der Waals surface area contributed by atoms with E-state index >= 15 is 0 Å². The molecule has 4 heteroatoms. The highest BCUT2D eigenvalue weighted by atomic mass is 14.9. The van der Waals surface area contributed by atoms with Crippen molar-refractivity contribution in [3.05, 3.63) is 24.2 Å². The number of H-pyrrole nitrogens is 1. The zero-order valence-electron chi connectivity index (χ0n) is 6.78. The molecule has 0 fully saturated rings. The minimum Gasteiger partial charge on any atom is -0.343 e. The topological polar surface area (TPSA) is 67.6 Å². The first-order chi connectivity index (χ1) is 5.79. The first-order valence-corrected chi connectivity index (χ1v) is 3.82. The van der Waals surface area contributed by atoms with Crippen molar-refractivity contribution in [3.63, 3.8) is 0 Å². The van der Waals surface area contributed by atoms with Crippen LogP contribution >= 0.6 is 0 Å².